The topological polar surface area (TPSA) is 106 Å². The van der Waals surface area contributed by atoms with Gasteiger partial charge in [-0.15, -0.1) is 0 Å². The highest BCUT2D eigenvalue weighted by Crippen LogP contribution is 2.38. The van der Waals surface area contributed by atoms with Gasteiger partial charge in [-0.1, -0.05) is 0 Å². The first-order valence-corrected chi connectivity index (χ1v) is 13.5. The number of nitrogens with one attached hydrogen (secondary N) is 1. The number of rotatable bonds is 9. The van der Waals surface area contributed by atoms with Crippen LogP contribution in [0.5, 0.6) is 5.75 Å². The molecule has 40 heavy (non-hydrogen) atoms. The van der Waals surface area contributed by atoms with Crippen molar-refractivity contribution in [1.82, 2.24) is 14.9 Å². The summed E-state index contributed by atoms with van der Waals surface area (Å²) in [6.07, 6.45) is 2.00. The normalized spacial score (nSPS) is 16.8. The Morgan fingerprint density at radius 3 is 2.50 bits per heavy atom. The number of ether oxygens (including phenoxy) is 2. The zero-order chi connectivity index (χ0) is 28.6. The average Bonchev–Trinajstić information content (AvgIpc) is 3.77. The van der Waals surface area contributed by atoms with Crippen molar-refractivity contribution in [1.29, 1.82) is 0 Å². The second kappa shape index (κ2) is 11.0. The third-order valence-electron chi connectivity index (χ3n) is 7.55. The fourth-order valence-electron chi connectivity index (χ4n) is 5.23. The molecule has 1 atom stereocenters. The molecule has 1 aromatic heterocycles. The summed E-state index contributed by atoms with van der Waals surface area (Å²) in [7, 11) is 2.87. The van der Waals surface area contributed by atoms with Gasteiger partial charge in [0.1, 0.15) is 24.0 Å². The van der Waals surface area contributed by atoms with Crippen molar-refractivity contribution < 1.29 is 23.0 Å². The largest absolute Gasteiger partial charge is 0.495 e. The number of nitrogens with zero attached hydrogens (tertiary/aromatic N) is 4. The second-order valence-corrected chi connectivity index (χ2v) is 10.6. The van der Waals surface area contributed by atoms with Gasteiger partial charge in [0.15, 0.2) is 0 Å². The number of amides is 1. The van der Waals surface area contributed by atoms with Crippen LogP contribution in [0.4, 0.5) is 26.0 Å². The first-order chi connectivity index (χ1) is 19.1. The molecule has 214 valence electrons. The van der Waals surface area contributed by atoms with Crippen LogP contribution in [0.3, 0.4) is 0 Å². The summed E-state index contributed by atoms with van der Waals surface area (Å²) in [5.74, 6) is -0.875. The summed E-state index contributed by atoms with van der Waals surface area (Å²) in [5.41, 5.74) is 8.24. The van der Waals surface area contributed by atoms with Gasteiger partial charge in [0.05, 0.1) is 24.4 Å². The maximum atomic E-state index is 14.6. The Hall–Kier alpha value is -3.73. The smallest absolute Gasteiger partial charge is 0.296 e. The van der Waals surface area contributed by atoms with Gasteiger partial charge in [-0.3, -0.25) is 4.79 Å². The zero-order valence-corrected chi connectivity index (χ0v) is 23.3. The predicted octanol–water partition coefficient (Wildman–Crippen LogP) is 4.50. The van der Waals surface area contributed by atoms with Crippen molar-refractivity contribution >= 4 is 34.0 Å². The molecular weight excluding hydrogens is 518 g/mol. The summed E-state index contributed by atoms with van der Waals surface area (Å²) >= 11 is 0. The molecule has 2 aliphatic rings. The lowest BCUT2D eigenvalue weighted by atomic mass is 10.00. The van der Waals surface area contributed by atoms with Crippen LogP contribution in [0.2, 0.25) is 0 Å². The number of anilines is 3. The van der Waals surface area contributed by atoms with Crippen LogP contribution >= 0.6 is 0 Å². The highest BCUT2D eigenvalue weighted by atomic mass is 19.3. The number of aromatic nitrogens is 2. The van der Waals surface area contributed by atoms with Gasteiger partial charge in [0, 0.05) is 61.9 Å². The number of methoxy groups -OCH3 is 2. The van der Waals surface area contributed by atoms with Crippen LogP contribution in [0.1, 0.15) is 42.8 Å². The number of hydrogen-bond acceptors (Lipinski definition) is 8. The lowest BCUT2D eigenvalue weighted by Crippen LogP contribution is -2.49. The zero-order valence-electron chi connectivity index (χ0n) is 23.3. The van der Waals surface area contributed by atoms with Crippen molar-refractivity contribution in [2.24, 2.45) is 5.92 Å². The summed E-state index contributed by atoms with van der Waals surface area (Å²) < 4.78 is 39.7. The van der Waals surface area contributed by atoms with E-state index in [-0.39, 0.29) is 29.1 Å². The number of piperazine rings is 1. The van der Waals surface area contributed by atoms with Crippen LogP contribution in [0.15, 0.2) is 30.3 Å². The molecule has 1 aliphatic carbocycles. The Bertz CT molecular complexity index is 1410. The van der Waals surface area contributed by atoms with E-state index >= 15 is 0 Å². The van der Waals surface area contributed by atoms with Crippen molar-refractivity contribution in [3.05, 3.63) is 47.3 Å². The molecule has 11 heteroatoms. The molecule has 0 spiro atoms. The van der Waals surface area contributed by atoms with E-state index in [1.165, 1.54) is 19.2 Å². The summed E-state index contributed by atoms with van der Waals surface area (Å²) in [4.78, 5) is 26.0. The Kier molecular flexibility index (Phi) is 7.67. The van der Waals surface area contributed by atoms with E-state index in [1.54, 1.807) is 20.1 Å². The van der Waals surface area contributed by atoms with Crippen LogP contribution in [0, 0.1) is 12.8 Å². The SMILES string of the molecule is COCC(F)(F)c1cc(N)cc([C@@H](C)Nc2nc(C)nc3cc(OC)c(N4CCN(C(=O)C5CC5)CC4)cc23)c1. The van der Waals surface area contributed by atoms with E-state index in [0.717, 1.165) is 23.9 Å². The molecule has 2 fully saturated rings. The number of fused-ring (bicyclic) bond motifs is 1. The van der Waals surface area contributed by atoms with Gasteiger partial charge in [-0.2, -0.15) is 8.78 Å². The van der Waals surface area contributed by atoms with E-state index in [4.69, 9.17) is 15.2 Å². The van der Waals surface area contributed by atoms with Crippen LogP contribution < -0.4 is 20.7 Å². The van der Waals surface area contributed by atoms with E-state index in [0.29, 0.717) is 54.7 Å². The van der Waals surface area contributed by atoms with Crippen LogP contribution in [-0.2, 0) is 15.5 Å². The van der Waals surface area contributed by atoms with Crippen molar-refractivity contribution in [2.45, 2.75) is 38.7 Å². The lowest BCUT2D eigenvalue weighted by Gasteiger charge is -2.37. The fraction of sp³-hybridized carbons (Fsp3) is 0.483. The average molecular weight is 555 g/mol. The van der Waals surface area contributed by atoms with E-state index in [1.807, 2.05) is 24.0 Å². The number of carbonyl (C=O) groups is 1. The third-order valence-corrected chi connectivity index (χ3v) is 7.55. The Morgan fingerprint density at radius 1 is 1.12 bits per heavy atom. The number of carbonyl (C=O) groups excluding carboxylic acids is 1. The van der Waals surface area contributed by atoms with Crippen molar-refractivity contribution in [2.75, 3.05) is 63.0 Å². The highest BCUT2D eigenvalue weighted by Gasteiger charge is 2.35. The van der Waals surface area contributed by atoms with Crippen molar-refractivity contribution in [3.63, 3.8) is 0 Å². The predicted molar refractivity (Wildman–Crippen MR) is 151 cm³/mol. The second-order valence-electron chi connectivity index (χ2n) is 10.6. The Balaban J connectivity index is 1.44. The molecule has 2 aromatic carbocycles. The minimum atomic E-state index is -3.17. The van der Waals surface area contributed by atoms with Gasteiger partial charge < -0.3 is 30.3 Å². The highest BCUT2D eigenvalue weighted by molar-refractivity contribution is 5.94. The van der Waals surface area contributed by atoms with E-state index < -0.39 is 12.5 Å². The summed E-state index contributed by atoms with van der Waals surface area (Å²) in [6, 6.07) is 7.90. The van der Waals surface area contributed by atoms with Crippen LogP contribution in [0.25, 0.3) is 10.9 Å². The molecule has 0 radical (unpaired) electrons. The molecule has 3 aromatic rings. The molecule has 3 N–H and O–H groups in total. The van der Waals surface area contributed by atoms with E-state index in [9.17, 15) is 13.6 Å². The number of halogens is 2. The molecule has 2 heterocycles. The molecule has 1 saturated heterocycles. The standard InChI is InChI=1S/C29H36F2N6O3/c1-17(20-11-21(13-22(32)12-20)29(30,31)16-39-3)33-27-23-14-25(26(40-4)15-24(23)34-18(2)35-27)36-7-9-37(10-8-36)28(38)19-5-6-19/h11-15,17,19H,5-10,16,32H2,1-4H3,(H,33,34,35)/t17-/m1/s1. The van der Waals surface area contributed by atoms with Gasteiger partial charge in [-0.25, -0.2) is 9.97 Å². The summed E-state index contributed by atoms with van der Waals surface area (Å²) in [6.45, 7) is 5.64. The minimum Gasteiger partial charge on any atom is -0.495 e. The molecule has 5 rings (SSSR count). The van der Waals surface area contributed by atoms with Gasteiger partial charge >= 0.3 is 0 Å². The molecular formula is C29H36F2N6O3. The monoisotopic (exact) mass is 554 g/mol. The summed E-state index contributed by atoms with van der Waals surface area (Å²) in [5, 5.41) is 4.17. The number of hydrogen-bond donors (Lipinski definition) is 2. The third kappa shape index (κ3) is 5.74. The first-order valence-electron chi connectivity index (χ1n) is 13.5. The number of aryl methyl sites for hydroxylation is 1. The Labute approximate surface area is 232 Å². The number of alkyl halides is 2. The number of nitrogens with two attached hydrogens (primary N) is 1. The maximum absolute atomic E-state index is 14.6. The fourth-order valence-corrected chi connectivity index (χ4v) is 5.23. The van der Waals surface area contributed by atoms with E-state index in [2.05, 4.69) is 20.2 Å². The molecule has 0 unspecified atom stereocenters. The Morgan fingerprint density at radius 2 is 1.85 bits per heavy atom. The van der Waals surface area contributed by atoms with Gasteiger partial charge in [-0.05, 0) is 56.5 Å². The maximum Gasteiger partial charge on any atom is 0.296 e. The molecule has 0 bridgehead atoms. The number of benzene rings is 2. The molecule has 1 aliphatic heterocycles. The molecule has 1 amide bonds. The molecule has 9 nitrogen and oxygen atoms in total. The first kappa shape index (κ1) is 27.8. The van der Waals surface area contributed by atoms with Crippen molar-refractivity contribution in [3.8, 4) is 5.75 Å². The van der Waals surface area contributed by atoms with Gasteiger partial charge in [0.25, 0.3) is 5.92 Å². The van der Waals surface area contributed by atoms with Gasteiger partial charge in [0.2, 0.25) is 5.91 Å². The minimum absolute atomic E-state index is 0.201. The lowest BCUT2D eigenvalue weighted by molar-refractivity contribution is -0.132. The van der Waals surface area contributed by atoms with Crippen LogP contribution in [-0.4, -0.2) is 67.8 Å². The molecule has 1 saturated carbocycles. The quantitative estimate of drug-likeness (QED) is 0.373. The number of nitrogen functional groups attached to an aromatic ring is 1.